The summed E-state index contributed by atoms with van der Waals surface area (Å²) in [6.45, 7) is 4.50. The summed E-state index contributed by atoms with van der Waals surface area (Å²) in [4.78, 5) is 19.6. The Labute approximate surface area is 166 Å². The van der Waals surface area contributed by atoms with Gasteiger partial charge in [0.25, 0.3) is 5.91 Å². The minimum atomic E-state index is -0.379. The van der Waals surface area contributed by atoms with Crippen molar-refractivity contribution in [1.82, 2.24) is 4.98 Å². The van der Waals surface area contributed by atoms with Crippen molar-refractivity contribution in [3.05, 3.63) is 83.6 Å². The molecule has 0 fully saturated rings. The monoisotopic (exact) mass is 394 g/mol. The van der Waals surface area contributed by atoms with Gasteiger partial charge in [0.1, 0.15) is 11.6 Å². The third kappa shape index (κ3) is 3.55. The van der Waals surface area contributed by atoms with Crippen LogP contribution in [0.25, 0.3) is 10.2 Å². The Morgan fingerprint density at radius 3 is 2.61 bits per heavy atom. The van der Waals surface area contributed by atoms with Crippen molar-refractivity contribution in [2.45, 2.75) is 26.3 Å². The summed E-state index contributed by atoms with van der Waals surface area (Å²) in [5.74, 6) is 0.348. The van der Waals surface area contributed by atoms with Crippen molar-refractivity contribution in [1.29, 1.82) is 0 Å². The molecule has 2 heterocycles. The fourth-order valence-corrected chi connectivity index (χ4v) is 4.07. The Kier molecular flexibility index (Phi) is 4.96. The number of nitrogens with zero attached hydrogens (tertiary/aromatic N) is 2. The molecule has 142 valence electrons. The van der Waals surface area contributed by atoms with Crippen molar-refractivity contribution in [3.63, 3.8) is 0 Å². The van der Waals surface area contributed by atoms with Gasteiger partial charge in [-0.25, -0.2) is 9.37 Å². The van der Waals surface area contributed by atoms with Gasteiger partial charge in [-0.05, 0) is 53.9 Å². The number of para-hydroxylation sites is 1. The molecule has 0 bridgehead atoms. The molecule has 0 saturated heterocycles. The number of hydrogen-bond donors (Lipinski definition) is 0. The van der Waals surface area contributed by atoms with E-state index in [-0.39, 0.29) is 18.3 Å². The molecule has 2 aromatic heterocycles. The SMILES string of the molecule is CC(C)c1cccc2sc(N(Cc3ccco3)C(=O)c3ccc(F)cc3)nc12. The van der Waals surface area contributed by atoms with Gasteiger partial charge in [0.2, 0.25) is 0 Å². The average Bonchev–Trinajstić information content (AvgIpc) is 3.35. The van der Waals surface area contributed by atoms with Crippen LogP contribution < -0.4 is 4.90 Å². The molecule has 0 aliphatic rings. The van der Waals surface area contributed by atoms with E-state index in [1.165, 1.54) is 35.6 Å². The maximum atomic E-state index is 13.3. The van der Waals surface area contributed by atoms with Gasteiger partial charge < -0.3 is 4.42 Å². The third-order valence-electron chi connectivity index (χ3n) is 4.52. The molecule has 0 spiro atoms. The molecule has 4 aromatic rings. The van der Waals surface area contributed by atoms with Crippen LogP contribution in [0.2, 0.25) is 0 Å². The van der Waals surface area contributed by atoms with Gasteiger partial charge in [-0.3, -0.25) is 9.69 Å². The van der Waals surface area contributed by atoms with Crippen LogP contribution in [-0.4, -0.2) is 10.9 Å². The lowest BCUT2D eigenvalue weighted by atomic mass is 10.0. The van der Waals surface area contributed by atoms with Crippen molar-refractivity contribution in [3.8, 4) is 0 Å². The molecule has 28 heavy (non-hydrogen) atoms. The topological polar surface area (TPSA) is 46.3 Å². The minimum Gasteiger partial charge on any atom is -0.467 e. The summed E-state index contributed by atoms with van der Waals surface area (Å²) < 4.78 is 19.8. The van der Waals surface area contributed by atoms with Crippen LogP contribution in [0.1, 0.15) is 41.4 Å². The van der Waals surface area contributed by atoms with E-state index in [2.05, 4.69) is 19.9 Å². The summed E-state index contributed by atoms with van der Waals surface area (Å²) in [5, 5.41) is 0.592. The van der Waals surface area contributed by atoms with Gasteiger partial charge in [-0.2, -0.15) is 0 Å². The van der Waals surface area contributed by atoms with E-state index in [4.69, 9.17) is 9.40 Å². The van der Waals surface area contributed by atoms with E-state index >= 15 is 0 Å². The summed E-state index contributed by atoms with van der Waals surface area (Å²) in [6.07, 6.45) is 1.57. The number of hydrogen-bond acceptors (Lipinski definition) is 4. The highest BCUT2D eigenvalue weighted by molar-refractivity contribution is 7.22. The van der Waals surface area contributed by atoms with Gasteiger partial charge in [-0.15, -0.1) is 0 Å². The smallest absolute Gasteiger partial charge is 0.260 e. The number of carbonyl (C=O) groups is 1. The number of thiazole rings is 1. The number of aromatic nitrogens is 1. The van der Waals surface area contributed by atoms with Crippen LogP contribution in [0.4, 0.5) is 9.52 Å². The molecule has 0 saturated carbocycles. The van der Waals surface area contributed by atoms with E-state index in [0.29, 0.717) is 22.4 Å². The summed E-state index contributed by atoms with van der Waals surface area (Å²) >= 11 is 1.46. The number of benzene rings is 2. The fourth-order valence-electron chi connectivity index (χ4n) is 3.07. The van der Waals surface area contributed by atoms with E-state index in [0.717, 1.165) is 15.8 Å². The first-order valence-corrected chi connectivity index (χ1v) is 9.84. The first kappa shape index (κ1) is 18.4. The molecule has 4 nitrogen and oxygen atoms in total. The number of fused-ring (bicyclic) bond motifs is 1. The number of amides is 1. The molecule has 0 atom stereocenters. The Morgan fingerprint density at radius 1 is 1.14 bits per heavy atom. The van der Waals surface area contributed by atoms with Crippen molar-refractivity contribution in [2.24, 2.45) is 0 Å². The van der Waals surface area contributed by atoms with E-state index in [1.54, 1.807) is 17.2 Å². The molecule has 0 aliphatic carbocycles. The molecular weight excluding hydrogens is 375 g/mol. The number of furan rings is 1. The summed E-state index contributed by atoms with van der Waals surface area (Å²) in [7, 11) is 0. The maximum absolute atomic E-state index is 13.3. The molecule has 0 radical (unpaired) electrons. The van der Waals surface area contributed by atoms with E-state index in [1.807, 2.05) is 18.2 Å². The molecule has 4 rings (SSSR count). The van der Waals surface area contributed by atoms with Crippen molar-refractivity contribution >= 4 is 32.6 Å². The quantitative estimate of drug-likeness (QED) is 0.417. The molecule has 1 amide bonds. The van der Waals surface area contributed by atoms with Crippen LogP contribution in [0.5, 0.6) is 0 Å². The minimum absolute atomic E-state index is 0.249. The molecular formula is C22H19FN2O2S. The Hall–Kier alpha value is -2.99. The maximum Gasteiger partial charge on any atom is 0.260 e. The van der Waals surface area contributed by atoms with Gasteiger partial charge in [-0.1, -0.05) is 37.3 Å². The normalized spacial score (nSPS) is 11.3. The molecule has 2 aromatic carbocycles. The Bertz CT molecular complexity index is 1100. The van der Waals surface area contributed by atoms with Crippen LogP contribution >= 0.6 is 11.3 Å². The van der Waals surface area contributed by atoms with Gasteiger partial charge >= 0.3 is 0 Å². The second-order valence-corrected chi connectivity index (χ2v) is 7.83. The number of anilines is 1. The lowest BCUT2D eigenvalue weighted by Crippen LogP contribution is -2.30. The predicted octanol–water partition coefficient (Wildman–Crippen LogP) is 6.00. The average molecular weight is 394 g/mol. The van der Waals surface area contributed by atoms with E-state index in [9.17, 15) is 9.18 Å². The molecule has 0 unspecified atom stereocenters. The second-order valence-electron chi connectivity index (χ2n) is 6.82. The lowest BCUT2D eigenvalue weighted by Gasteiger charge is -2.18. The second kappa shape index (κ2) is 7.56. The molecule has 6 heteroatoms. The highest BCUT2D eigenvalue weighted by atomic mass is 32.1. The zero-order chi connectivity index (χ0) is 19.7. The largest absolute Gasteiger partial charge is 0.467 e. The van der Waals surface area contributed by atoms with E-state index < -0.39 is 0 Å². The van der Waals surface area contributed by atoms with Crippen molar-refractivity contribution in [2.75, 3.05) is 4.90 Å². The van der Waals surface area contributed by atoms with Crippen LogP contribution in [0.3, 0.4) is 0 Å². The zero-order valence-corrected chi connectivity index (χ0v) is 16.4. The highest BCUT2D eigenvalue weighted by Gasteiger charge is 2.23. The lowest BCUT2D eigenvalue weighted by molar-refractivity contribution is 0.0983. The molecule has 0 N–H and O–H groups in total. The summed E-state index contributed by atoms with van der Waals surface area (Å²) in [6, 6.07) is 15.2. The van der Waals surface area contributed by atoms with Crippen LogP contribution in [0.15, 0.2) is 65.3 Å². The van der Waals surface area contributed by atoms with Crippen LogP contribution in [0, 0.1) is 5.82 Å². The Morgan fingerprint density at radius 2 is 1.93 bits per heavy atom. The first-order valence-electron chi connectivity index (χ1n) is 9.02. The van der Waals surface area contributed by atoms with Gasteiger partial charge in [0.15, 0.2) is 5.13 Å². The predicted molar refractivity (Wildman–Crippen MR) is 109 cm³/mol. The standard InChI is InChI=1S/C22H19FN2O2S/c1-14(2)18-6-3-7-19-20(18)24-22(28-19)25(13-17-5-4-12-27-17)21(26)15-8-10-16(23)11-9-15/h3-12,14H,13H2,1-2H3. The van der Waals surface area contributed by atoms with Crippen molar-refractivity contribution < 1.29 is 13.6 Å². The highest BCUT2D eigenvalue weighted by Crippen LogP contribution is 2.34. The van der Waals surface area contributed by atoms with Gasteiger partial charge in [0.05, 0.1) is 23.0 Å². The van der Waals surface area contributed by atoms with Crippen LogP contribution in [-0.2, 0) is 6.54 Å². The first-order chi connectivity index (χ1) is 13.5. The zero-order valence-electron chi connectivity index (χ0n) is 15.6. The van der Waals surface area contributed by atoms with Gasteiger partial charge in [0, 0.05) is 5.56 Å². The number of carbonyl (C=O) groups excluding carboxylic acids is 1. The summed E-state index contributed by atoms with van der Waals surface area (Å²) in [5.41, 5.74) is 2.46. The Balaban J connectivity index is 1.79. The third-order valence-corrected chi connectivity index (χ3v) is 5.57. The number of halogens is 1. The fraction of sp³-hybridized carbons (Fsp3) is 0.182. The number of rotatable bonds is 5. The molecule has 0 aliphatic heterocycles.